The molecular formula is C20H18N6O. The first kappa shape index (κ1) is 16.7. The Morgan fingerprint density at radius 1 is 0.963 bits per heavy atom. The van der Waals surface area contributed by atoms with E-state index >= 15 is 0 Å². The van der Waals surface area contributed by atoms with Gasteiger partial charge in [-0.2, -0.15) is 10.1 Å². The lowest BCUT2D eigenvalue weighted by atomic mass is 10.2. The van der Waals surface area contributed by atoms with E-state index < -0.39 is 0 Å². The molecule has 0 radical (unpaired) electrons. The smallest absolute Gasteiger partial charge is 0.249 e. The molecule has 0 fully saturated rings. The molecule has 0 aliphatic carbocycles. The number of fused-ring (bicyclic) bond motifs is 1. The molecular weight excluding hydrogens is 340 g/mol. The zero-order chi connectivity index (χ0) is 18.5. The zero-order valence-electron chi connectivity index (χ0n) is 14.8. The molecule has 2 N–H and O–H groups in total. The minimum Gasteiger partial charge on any atom is -0.494 e. The Labute approximate surface area is 156 Å². The Hall–Kier alpha value is -3.74. The Bertz CT molecular complexity index is 1050. The van der Waals surface area contributed by atoms with E-state index in [1.807, 2.05) is 61.5 Å². The van der Waals surface area contributed by atoms with E-state index in [-0.39, 0.29) is 0 Å². The Kier molecular flexibility index (Phi) is 4.74. The quantitative estimate of drug-likeness (QED) is 0.531. The van der Waals surface area contributed by atoms with Gasteiger partial charge in [-0.3, -0.25) is 4.98 Å². The fraction of sp³-hybridized carbons (Fsp3) is 0.100. The third kappa shape index (κ3) is 3.92. The van der Waals surface area contributed by atoms with Gasteiger partial charge >= 0.3 is 0 Å². The second-order valence-electron chi connectivity index (χ2n) is 5.75. The molecule has 0 atom stereocenters. The van der Waals surface area contributed by atoms with Crippen LogP contribution < -0.4 is 15.4 Å². The first-order valence-corrected chi connectivity index (χ1v) is 8.62. The van der Waals surface area contributed by atoms with Crippen LogP contribution in [0.25, 0.3) is 10.9 Å². The summed E-state index contributed by atoms with van der Waals surface area (Å²) in [4.78, 5) is 8.90. The van der Waals surface area contributed by atoms with Gasteiger partial charge in [-0.25, -0.2) is 0 Å². The maximum Gasteiger partial charge on any atom is 0.249 e. The molecule has 0 spiro atoms. The molecule has 0 aliphatic rings. The standard InChI is InChI=1S/C20H18N6O/c1-2-27-16-10-8-15(9-11-16)23-18-13-22-26-20(25-18)24-17-7-3-5-14-6-4-12-21-19(14)17/h3-13H,2H2,1H3,(H2,23,24,25,26). The number of anilines is 4. The van der Waals surface area contributed by atoms with Crippen LogP contribution in [-0.2, 0) is 0 Å². The monoisotopic (exact) mass is 358 g/mol. The fourth-order valence-electron chi connectivity index (χ4n) is 2.69. The number of nitrogens with one attached hydrogen (secondary N) is 2. The van der Waals surface area contributed by atoms with Gasteiger partial charge in [0.2, 0.25) is 5.95 Å². The van der Waals surface area contributed by atoms with Gasteiger partial charge in [0.05, 0.1) is 24.0 Å². The predicted octanol–water partition coefficient (Wildman–Crippen LogP) is 4.31. The maximum absolute atomic E-state index is 5.45. The topological polar surface area (TPSA) is 84.9 Å². The summed E-state index contributed by atoms with van der Waals surface area (Å²) in [6.45, 7) is 2.60. The summed E-state index contributed by atoms with van der Waals surface area (Å²) < 4.78 is 5.45. The SMILES string of the molecule is CCOc1ccc(Nc2cnnc(Nc3cccc4cccnc34)n2)cc1. The minimum absolute atomic E-state index is 0.393. The zero-order valence-corrected chi connectivity index (χ0v) is 14.8. The molecule has 27 heavy (non-hydrogen) atoms. The first-order valence-electron chi connectivity index (χ1n) is 8.62. The van der Waals surface area contributed by atoms with Crippen LogP contribution >= 0.6 is 0 Å². The summed E-state index contributed by atoms with van der Waals surface area (Å²) in [5.41, 5.74) is 2.57. The van der Waals surface area contributed by atoms with E-state index in [2.05, 4.69) is 30.8 Å². The molecule has 4 aromatic rings. The molecule has 0 bridgehead atoms. The lowest BCUT2D eigenvalue weighted by Gasteiger charge is -2.09. The highest BCUT2D eigenvalue weighted by atomic mass is 16.5. The van der Waals surface area contributed by atoms with Crippen molar-refractivity contribution in [3.63, 3.8) is 0 Å². The van der Waals surface area contributed by atoms with Crippen molar-refractivity contribution in [3.8, 4) is 5.75 Å². The number of benzene rings is 2. The Morgan fingerprint density at radius 2 is 1.81 bits per heavy atom. The number of hydrogen-bond donors (Lipinski definition) is 2. The van der Waals surface area contributed by atoms with E-state index in [4.69, 9.17) is 4.74 Å². The molecule has 7 nitrogen and oxygen atoms in total. The van der Waals surface area contributed by atoms with Gasteiger partial charge in [0.1, 0.15) is 5.75 Å². The molecule has 4 rings (SSSR count). The van der Waals surface area contributed by atoms with Crippen LogP contribution in [-0.4, -0.2) is 26.8 Å². The third-order valence-corrected chi connectivity index (χ3v) is 3.88. The lowest BCUT2D eigenvalue weighted by molar-refractivity contribution is 0.340. The van der Waals surface area contributed by atoms with Crippen LogP contribution in [0.3, 0.4) is 0 Å². The van der Waals surface area contributed by atoms with Crippen molar-refractivity contribution in [2.24, 2.45) is 0 Å². The molecule has 0 amide bonds. The molecule has 7 heteroatoms. The second-order valence-corrected chi connectivity index (χ2v) is 5.75. The molecule has 0 saturated carbocycles. The molecule has 134 valence electrons. The van der Waals surface area contributed by atoms with Crippen molar-refractivity contribution in [2.45, 2.75) is 6.92 Å². The normalized spacial score (nSPS) is 10.6. The van der Waals surface area contributed by atoms with Gasteiger partial charge in [-0.1, -0.05) is 18.2 Å². The summed E-state index contributed by atoms with van der Waals surface area (Å²) in [6.07, 6.45) is 3.33. The van der Waals surface area contributed by atoms with Crippen molar-refractivity contribution in [1.82, 2.24) is 20.2 Å². The van der Waals surface area contributed by atoms with Crippen molar-refractivity contribution in [1.29, 1.82) is 0 Å². The van der Waals surface area contributed by atoms with E-state index in [1.165, 1.54) is 0 Å². The number of rotatable bonds is 6. The van der Waals surface area contributed by atoms with Crippen LogP contribution in [0, 0.1) is 0 Å². The average molecular weight is 358 g/mol. The molecule has 2 heterocycles. The molecule has 2 aromatic carbocycles. The number of nitrogens with zero attached hydrogens (tertiary/aromatic N) is 4. The van der Waals surface area contributed by atoms with Gasteiger partial charge in [-0.05, 0) is 43.3 Å². The van der Waals surface area contributed by atoms with Crippen LogP contribution in [0.5, 0.6) is 5.75 Å². The highest BCUT2D eigenvalue weighted by Crippen LogP contribution is 2.24. The van der Waals surface area contributed by atoms with Crippen LogP contribution in [0.1, 0.15) is 6.92 Å². The summed E-state index contributed by atoms with van der Waals surface area (Å²) in [7, 11) is 0. The van der Waals surface area contributed by atoms with E-state index in [0.29, 0.717) is 18.4 Å². The van der Waals surface area contributed by atoms with E-state index in [0.717, 1.165) is 28.0 Å². The second kappa shape index (κ2) is 7.65. The highest BCUT2D eigenvalue weighted by Gasteiger charge is 2.06. The van der Waals surface area contributed by atoms with Crippen LogP contribution in [0.15, 0.2) is 67.0 Å². The van der Waals surface area contributed by atoms with Gasteiger partial charge in [0, 0.05) is 17.3 Å². The van der Waals surface area contributed by atoms with Crippen molar-refractivity contribution in [2.75, 3.05) is 17.2 Å². The van der Waals surface area contributed by atoms with E-state index in [1.54, 1.807) is 12.4 Å². The number of hydrogen-bond acceptors (Lipinski definition) is 7. The summed E-state index contributed by atoms with van der Waals surface area (Å²) in [5.74, 6) is 1.81. The largest absolute Gasteiger partial charge is 0.494 e. The van der Waals surface area contributed by atoms with Gasteiger partial charge < -0.3 is 15.4 Å². The summed E-state index contributed by atoms with van der Waals surface area (Å²) >= 11 is 0. The Morgan fingerprint density at radius 3 is 2.67 bits per heavy atom. The predicted molar refractivity (Wildman–Crippen MR) is 106 cm³/mol. The van der Waals surface area contributed by atoms with Crippen molar-refractivity contribution >= 4 is 34.0 Å². The van der Waals surface area contributed by atoms with E-state index in [9.17, 15) is 0 Å². The molecule has 0 aliphatic heterocycles. The average Bonchev–Trinajstić information content (AvgIpc) is 2.70. The highest BCUT2D eigenvalue weighted by molar-refractivity contribution is 5.91. The number of pyridine rings is 1. The Balaban J connectivity index is 1.53. The van der Waals surface area contributed by atoms with Crippen LogP contribution in [0.2, 0.25) is 0 Å². The first-order chi connectivity index (χ1) is 13.3. The van der Waals surface area contributed by atoms with Gasteiger partial charge in [-0.15, -0.1) is 5.10 Å². The van der Waals surface area contributed by atoms with Gasteiger partial charge in [0.25, 0.3) is 0 Å². The summed E-state index contributed by atoms with van der Waals surface area (Å²) in [6, 6.07) is 17.5. The number of aromatic nitrogens is 4. The minimum atomic E-state index is 0.393. The fourth-order valence-corrected chi connectivity index (χ4v) is 2.69. The van der Waals surface area contributed by atoms with Gasteiger partial charge in [0.15, 0.2) is 5.82 Å². The lowest BCUT2D eigenvalue weighted by Crippen LogP contribution is -2.03. The maximum atomic E-state index is 5.45. The number of ether oxygens (including phenoxy) is 1. The van der Waals surface area contributed by atoms with Crippen LogP contribution in [0.4, 0.5) is 23.1 Å². The number of para-hydroxylation sites is 1. The summed E-state index contributed by atoms with van der Waals surface area (Å²) in [5, 5.41) is 15.5. The molecule has 0 saturated heterocycles. The third-order valence-electron chi connectivity index (χ3n) is 3.88. The molecule has 0 unspecified atom stereocenters. The van der Waals surface area contributed by atoms with Crippen molar-refractivity contribution in [3.05, 3.63) is 67.0 Å². The molecule has 2 aromatic heterocycles. The van der Waals surface area contributed by atoms with Crippen molar-refractivity contribution < 1.29 is 4.74 Å².